The molecule has 3 aliphatic heterocycles. The van der Waals surface area contributed by atoms with Crippen molar-refractivity contribution in [2.75, 3.05) is 9.80 Å². The third kappa shape index (κ3) is 5.42. The first-order valence-corrected chi connectivity index (χ1v) is 29.2. The first-order valence-electron chi connectivity index (χ1n) is 27.2. The van der Waals surface area contributed by atoms with Crippen LogP contribution in [0.2, 0.25) is 0 Å². The van der Waals surface area contributed by atoms with Crippen LogP contribution in [0.3, 0.4) is 0 Å². The lowest BCUT2D eigenvalue weighted by atomic mass is 9.64. The highest BCUT2D eigenvalue weighted by molar-refractivity contribution is 7.20. The Bertz CT molecular complexity index is 3990. The van der Waals surface area contributed by atoms with Crippen LogP contribution in [-0.2, 0) is 10.8 Å². The van der Waals surface area contributed by atoms with Crippen molar-refractivity contribution >= 4 is 62.9 Å². The Kier molecular flexibility index (Phi) is 9.00. The highest BCUT2D eigenvalue weighted by Crippen LogP contribution is 2.65. The van der Waals surface area contributed by atoms with Gasteiger partial charge in [-0.05, 0) is 111 Å². The highest BCUT2D eigenvalue weighted by atomic mass is 28.3. The lowest BCUT2D eigenvalue weighted by Crippen LogP contribution is -2.76. The average Bonchev–Trinajstić information content (AvgIpc) is 3.98. The first kappa shape index (κ1) is 43.5. The minimum Gasteiger partial charge on any atom is -0.463 e. The molecule has 0 bridgehead atoms. The maximum Gasteiger partial charge on any atom is 0.0991 e. The molecule has 2 spiro atoms. The summed E-state index contributed by atoms with van der Waals surface area (Å²) < 4.78 is 7.64. The number of hydrogen-bond acceptors (Lipinski definition) is 3. The quantitative estimate of drug-likeness (QED) is 0.163. The molecule has 4 heteroatoms. The highest BCUT2D eigenvalue weighted by Gasteiger charge is 2.53. The van der Waals surface area contributed by atoms with Crippen LogP contribution in [0.5, 0.6) is 11.5 Å². The Morgan fingerprint density at radius 2 is 0.526 bits per heavy atom. The summed E-state index contributed by atoms with van der Waals surface area (Å²) in [5, 5.41) is 5.08. The number of ether oxygens (including phenoxy) is 1. The zero-order chi connectivity index (χ0) is 51.2. The fourth-order valence-corrected chi connectivity index (χ4v) is 20.1. The smallest absolute Gasteiger partial charge is 0.0991 e. The molecule has 0 unspecified atom stereocenters. The van der Waals surface area contributed by atoms with Gasteiger partial charge in [-0.2, -0.15) is 10.4 Å². The normalized spacial score (nSPS) is 15.3. The van der Waals surface area contributed by atoms with Gasteiger partial charge in [0.2, 0.25) is 0 Å². The predicted octanol–water partition coefficient (Wildman–Crippen LogP) is 15.5. The second kappa shape index (κ2) is 16.1. The number of para-hydroxylation sites is 4. The van der Waals surface area contributed by atoms with Gasteiger partial charge in [0.15, 0.2) is 0 Å². The van der Waals surface area contributed by atoms with Gasteiger partial charge in [0.05, 0.1) is 45.1 Å². The van der Waals surface area contributed by atoms with Gasteiger partial charge in [0.1, 0.15) is 0 Å². The van der Waals surface area contributed by atoms with Gasteiger partial charge in [-0.3, -0.25) is 0 Å². The summed E-state index contributed by atoms with van der Waals surface area (Å²) in [5.74, 6) is 1.75. The van der Waals surface area contributed by atoms with Crippen molar-refractivity contribution in [2.45, 2.75) is 10.8 Å². The van der Waals surface area contributed by atoms with E-state index in [0.717, 1.165) is 45.6 Å². The second-order valence-electron chi connectivity index (χ2n) is 21.4. The Hall–Kier alpha value is -9.74. The zero-order valence-corrected chi connectivity index (χ0v) is 43.5. The summed E-state index contributed by atoms with van der Waals surface area (Å²) in [4.78, 5) is 4.97. The molecule has 2 aliphatic carbocycles. The molecule has 0 aromatic heterocycles. The molecule has 78 heavy (non-hydrogen) atoms. The molecule has 0 amide bonds. The van der Waals surface area contributed by atoms with E-state index in [1.807, 2.05) is 0 Å². The standard InChI is InChI=1S/C74H48N2OSi/c1-3-23-51(24-4-1)78(52-25-5-2-6-26-52)71-45-43-49(75-65-39-19-15-35-61(65)73(62-36-16-20-40-66(62)75)57-31-11-7-27-53(57)54-28-8-12-32-58(54)73)47-69(71)77-70-48-50(44-46-72(70)78)76-67-41-21-17-37-63(67)74(64-38-18-22-42-68(64)76)59-33-13-9-29-55(59)56-30-10-14-34-60(56)74/h1-48H/q-1. The lowest BCUT2D eigenvalue weighted by Gasteiger charge is -2.51. The average molecular weight is 1010 g/mol. The molecule has 12 aromatic carbocycles. The fourth-order valence-electron chi connectivity index (χ4n) is 15.2. The molecule has 12 aromatic rings. The number of nitrogens with zero attached hydrogens (tertiary/aromatic N) is 2. The van der Waals surface area contributed by atoms with Crippen LogP contribution in [0.15, 0.2) is 291 Å². The molecule has 0 saturated heterocycles. The topological polar surface area (TPSA) is 15.7 Å². The van der Waals surface area contributed by atoms with Crippen molar-refractivity contribution in [3.05, 3.63) is 336 Å². The minimum absolute atomic E-state index is 0.504. The third-order valence-electron chi connectivity index (χ3n) is 18.0. The van der Waals surface area contributed by atoms with E-state index < -0.39 is 18.9 Å². The molecule has 0 radical (unpaired) electrons. The Morgan fingerprint density at radius 1 is 0.256 bits per heavy atom. The summed E-state index contributed by atoms with van der Waals surface area (Å²) in [6, 6.07) is 109. The van der Waals surface area contributed by atoms with E-state index in [0.29, 0.717) is 0 Å². The zero-order valence-electron chi connectivity index (χ0n) is 42.5. The monoisotopic (exact) mass is 1010 g/mol. The van der Waals surface area contributed by atoms with Crippen molar-refractivity contribution in [1.29, 1.82) is 0 Å². The van der Waals surface area contributed by atoms with Crippen LogP contribution in [-0.4, -0.2) is 8.07 Å². The van der Waals surface area contributed by atoms with Gasteiger partial charge in [-0.15, -0.1) is 10.4 Å². The van der Waals surface area contributed by atoms with E-state index in [-0.39, 0.29) is 0 Å². The molecule has 0 fully saturated rings. The van der Waals surface area contributed by atoms with Gasteiger partial charge in [-0.25, -0.2) is 0 Å². The molecule has 0 saturated carbocycles. The minimum atomic E-state index is -3.08. The summed E-state index contributed by atoms with van der Waals surface area (Å²) in [6.07, 6.45) is 0. The molecule has 17 rings (SSSR count). The van der Waals surface area contributed by atoms with E-state index >= 15 is 0 Å². The lowest BCUT2D eigenvalue weighted by molar-refractivity contribution is 0.487. The molecule has 365 valence electrons. The fraction of sp³-hybridized carbons (Fsp3) is 0.0270. The van der Waals surface area contributed by atoms with Crippen LogP contribution in [0, 0.1) is 0 Å². The van der Waals surface area contributed by atoms with Crippen molar-refractivity contribution in [3.8, 4) is 33.8 Å². The summed E-state index contributed by atoms with van der Waals surface area (Å²) >= 11 is 0. The van der Waals surface area contributed by atoms with Crippen LogP contribution < -0.4 is 35.3 Å². The van der Waals surface area contributed by atoms with E-state index in [4.69, 9.17) is 4.74 Å². The van der Waals surface area contributed by atoms with E-state index in [2.05, 4.69) is 301 Å². The number of hydrogen-bond donors (Lipinski definition) is 0. The first-order chi connectivity index (χ1) is 38.7. The van der Waals surface area contributed by atoms with Gasteiger partial charge in [0.25, 0.3) is 0 Å². The molecular formula is C74H48N2OSi-. The Labute approximate surface area is 455 Å². The van der Waals surface area contributed by atoms with Crippen molar-refractivity contribution < 1.29 is 4.74 Å². The number of benzene rings is 12. The van der Waals surface area contributed by atoms with Crippen molar-refractivity contribution in [2.24, 2.45) is 0 Å². The SMILES string of the molecule is c1ccc([Si-]2(c3ccccc3)c3ccc(N4c5ccccc5C5(c6ccccc6-c6ccccc65)c5ccccc54)cc3Oc3cc(N4c5ccccc5C5(c6ccccc6-c6ccccc65)c5ccccc54)ccc32)cc1. The van der Waals surface area contributed by atoms with Gasteiger partial charge in [0, 0.05) is 23.5 Å². The molecule has 3 heterocycles. The molecule has 3 nitrogen and oxygen atoms in total. The number of fused-ring (bicyclic) bond motifs is 20. The predicted molar refractivity (Wildman–Crippen MR) is 321 cm³/mol. The third-order valence-corrected chi connectivity index (χ3v) is 22.8. The van der Waals surface area contributed by atoms with Gasteiger partial charge >= 0.3 is 0 Å². The second-order valence-corrected chi connectivity index (χ2v) is 25.1. The van der Waals surface area contributed by atoms with E-state index in [9.17, 15) is 0 Å². The van der Waals surface area contributed by atoms with Crippen LogP contribution in [0.1, 0.15) is 44.5 Å². The van der Waals surface area contributed by atoms with Crippen molar-refractivity contribution in [3.63, 3.8) is 0 Å². The van der Waals surface area contributed by atoms with E-state index in [1.165, 1.54) is 87.5 Å². The van der Waals surface area contributed by atoms with Crippen molar-refractivity contribution in [1.82, 2.24) is 0 Å². The van der Waals surface area contributed by atoms with Crippen LogP contribution in [0.25, 0.3) is 22.3 Å². The molecular weight excluding hydrogens is 961 g/mol. The van der Waals surface area contributed by atoms with Gasteiger partial charge < -0.3 is 14.5 Å². The van der Waals surface area contributed by atoms with Crippen LogP contribution >= 0.6 is 0 Å². The van der Waals surface area contributed by atoms with Gasteiger partial charge in [-0.1, -0.05) is 243 Å². The maximum absolute atomic E-state index is 7.64. The summed E-state index contributed by atoms with van der Waals surface area (Å²) in [7, 11) is -3.08. The molecule has 0 atom stereocenters. The maximum atomic E-state index is 7.64. The number of rotatable bonds is 4. The summed E-state index contributed by atoms with van der Waals surface area (Å²) in [6.45, 7) is 0. The molecule has 0 N–H and O–H groups in total. The largest absolute Gasteiger partial charge is 0.463 e. The van der Waals surface area contributed by atoms with E-state index in [1.54, 1.807) is 0 Å². The number of anilines is 6. The Balaban J connectivity index is 0.887. The molecule has 5 aliphatic rings. The Morgan fingerprint density at radius 3 is 0.846 bits per heavy atom. The van der Waals surface area contributed by atoms with Crippen LogP contribution in [0.4, 0.5) is 34.1 Å². The summed E-state index contributed by atoms with van der Waals surface area (Å²) in [5.41, 5.74) is 21.2.